The van der Waals surface area contributed by atoms with Gasteiger partial charge in [0.05, 0.1) is 5.56 Å². The van der Waals surface area contributed by atoms with Crippen LogP contribution in [0.4, 0.5) is 0 Å². The Kier molecular flexibility index (Phi) is 4.99. The summed E-state index contributed by atoms with van der Waals surface area (Å²) in [5.41, 5.74) is 1.81. The van der Waals surface area contributed by atoms with Crippen LogP contribution in [0.3, 0.4) is 0 Å². The molecule has 5 nitrogen and oxygen atoms in total. The highest BCUT2D eigenvalue weighted by molar-refractivity contribution is 5.87. The van der Waals surface area contributed by atoms with E-state index in [-0.39, 0.29) is 6.61 Å². The number of nitrogens with one attached hydrogen (secondary N) is 1. The lowest BCUT2D eigenvalue weighted by atomic mass is 9.65. The summed E-state index contributed by atoms with van der Waals surface area (Å²) in [7, 11) is 0. The van der Waals surface area contributed by atoms with Gasteiger partial charge in [0.25, 0.3) is 0 Å². The van der Waals surface area contributed by atoms with E-state index in [4.69, 9.17) is 5.11 Å². The first-order valence-corrected chi connectivity index (χ1v) is 8.49. The first kappa shape index (κ1) is 16.4. The Labute approximate surface area is 137 Å². The molecule has 2 fully saturated rings. The van der Waals surface area contributed by atoms with E-state index in [1.165, 1.54) is 6.42 Å². The van der Waals surface area contributed by atoms with Crippen molar-refractivity contribution in [2.75, 3.05) is 32.8 Å². The van der Waals surface area contributed by atoms with E-state index in [9.17, 15) is 9.90 Å². The summed E-state index contributed by atoms with van der Waals surface area (Å²) in [6, 6.07) is 7.18. The highest BCUT2D eigenvalue weighted by Crippen LogP contribution is 2.43. The SMILES string of the molecule is O=C(O)c1ccc(CN2CCC3(CCNC[C@H]3CO)CC2)cc1. The lowest BCUT2D eigenvalue weighted by Gasteiger charge is -2.49. The molecule has 1 atom stereocenters. The number of likely N-dealkylation sites (tertiary alicyclic amines) is 1. The number of aliphatic hydroxyl groups is 1. The number of nitrogens with zero attached hydrogens (tertiary/aromatic N) is 1. The molecule has 2 saturated heterocycles. The molecule has 2 aliphatic heterocycles. The topological polar surface area (TPSA) is 72.8 Å². The van der Waals surface area contributed by atoms with E-state index >= 15 is 0 Å². The van der Waals surface area contributed by atoms with E-state index in [2.05, 4.69) is 10.2 Å². The Bertz CT molecular complexity index is 536. The Morgan fingerprint density at radius 2 is 1.91 bits per heavy atom. The number of aromatic carboxylic acids is 1. The van der Waals surface area contributed by atoms with Gasteiger partial charge in [0.2, 0.25) is 0 Å². The number of rotatable bonds is 4. The van der Waals surface area contributed by atoms with Gasteiger partial charge in [-0.15, -0.1) is 0 Å². The van der Waals surface area contributed by atoms with Crippen LogP contribution in [0.25, 0.3) is 0 Å². The zero-order valence-electron chi connectivity index (χ0n) is 13.5. The molecule has 3 N–H and O–H groups in total. The average molecular weight is 318 g/mol. The number of carboxylic acids is 1. The first-order valence-electron chi connectivity index (χ1n) is 8.49. The van der Waals surface area contributed by atoms with Crippen molar-refractivity contribution in [2.24, 2.45) is 11.3 Å². The van der Waals surface area contributed by atoms with E-state index < -0.39 is 5.97 Å². The molecule has 1 aromatic carbocycles. The molecule has 0 amide bonds. The highest BCUT2D eigenvalue weighted by atomic mass is 16.4. The second-order valence-corrected chi connectivity index (χ2v) is 6.97. The van der Waals surface area contributed by atoms with Gasteiger partial charge >= 0.3 is 5.97 Å². The molecule has 0 unspecified atom stereocenters. The number of piperidine rings is 2. The molecule has 3 rings (SSSR count). The highest BCUT2D eigenvalue weighted by Gasteiger charge is 2.42. The first-order chi connectivity index (χ1) is 11.1. The summed E-state index contributed by atoms with van der Waals surface area (Å²) >= 11 is 0. The third-order valence-corrected chi connectivity index (χ3v) is 5.74. The van der Waals surface area contributed by atoms with Crippen molar-refractivity contribution in [3.63, 3.8) is 0 Å². The van der Waals surface area contributed by atoms with Crippen molar-refractivity contribution >= 4 is 5.97 Å². The molecule has 0 aromatic heterocycles. The second-order valence-electron chi connectivity index (χ2n) is 6.97. The van der Waals surface area contributed by atoms with Crippen LogP contribution < -0.4 is 5.32 Å². The molecule has 2 aliphatic rings. The van der Waals surface area contributed by atoms with Gasteiger partial charge in [0.1, 0.15) is 0 Å². The Morgan fingerprint density at radius 1 is 1.22 bits per heavy atom. The minimum atomic E-state index is -0.877. The molecule has 1 aromatic rings. The molecular formula is C18H26N2O3. The van der Waals surface area contributed by atoms with Gasteiger partial charge in [-0.3, -0.25) is 4.90 Å². The average Bonchev–Trinajstić information content (AvgIpc) is 2.58. The smallest absolute Gasteiger partial charge is 0.335 e. The van der Waals surface area contributed by atoms with E-state index in [0.29, 0.717) is 16.9 Å². The van der Waals surface area contributed by atoms with Crippen molar-refractivity contribution in [2.45, 2.75) is 25.8 Å². The minimum Gasteiger partial charge on any atom is -0.478 e. The zero-order valence-corrected chi connectivity index (χ0v) is 13.5. The molecular weight excluding hydrogens is 292 g/mol. The summed E-state index contributed by atoms with van der Waals surface area (Å²) in [4.78, 5) is 13.3. The maximum atomic E-state index is 10.9. The van der Waals surface area contributed by atoms with Crippen molar-refractivity contribution in [3.8, 4) is 0 Å². The van der Waals surface area contributed by atoms with Crippen LogP contribution in [0.1, 0.15) is 35.2 Å². The predicted octanol–water partition coefficient (Wildman–Crippen LogP) is 1.57. The van der Waals surface area contributed by atoms with Gasteiger partial charge < -0.3 is 15.5 Å². The summed E-state index contributed by atoms with van der Waals surface area (Å²) in [6.45, 7) is 5.26. The number of carboxylic acid groups (broad SMARTS) is 1. The van der Waals surface area contributed by atoms with Crippen molar-refractivity contribution in [3.05, 3.63) is 35.4 Å². The van der Waals surface area contributed by atoms with Crippen LogP contribution in [-0.4, -0.2) is 53.9 Å². The summed E-state index contributed by atoms with van der Waals surface area (Å²) in [5.74, 6) is -0.495. The van der Waals surface area contributed by atoms with Gasteiger partial charge in [-0.1, -0.05) is 12.1 Å². The molecule has 1 spiro atoms. The van der Waals surface area contributed by atoms with Gasteiger partial charge in [-0.2, -0.15) is 0 Å². The number of hydrogen-bond donors (Lipinski definition) is 3. The van der Waals surface area contributed by atoms with E-state index in [1.807, 2.05) is 12.1 Å². The number of hydrogen-bond acceptors (Lipinski definition) is 4. The van der Waals surface area contributed by atoms with Gasteiger partial charge in [-0.25, -0.2) is 4.79 Å². The summed E-state index contributed by atoms with van der Waals surface area (Å²) < 4.78 is 0. The van der Waals surface area contributed by atoms with Crippen LogP contribution in [0, 0.1) is 11.3 Å². The Balaban J connectivity index is 1.57. The summed E-state index contributed by atoms with van der Waals surface area (Å²) in [6.07, 6.45) is 3.46. The third kappa shape index (κ3) is 3.57. The maximum Gasteiger partial charge on any atom is 0.335 e. The quantitative estimate of drug-likeness (QED) is 0.786. The second kappa shape index (κ2) is 6.99. The lowest BCUT2D eigenvalue weighted by molar-refractivity contribution is -0.00584. The molecule has 126 valence electrons. The predicted molar refractivity (Wildman–Crippen MR) is 88.4 cm³/mol. The van der Waals surface area contributed by atoms with Gasteiger partial charge in [0, 0.05) is 25.6 Å². The zero-order chi connectivity index (χ0) is 16.3. The molecule has 0 aliphatic carbocycles. The van der Waals surface area contributed by atoms with Crippen LogP contribution in [0.15, 0.2) is 24.3 Å². The molecule has 5 heteroatoms. The lowest BCUT2D eigenvalue weighted by Crippen LogP contribution is -2.52. The summed E-state index contributed by atoms with van der Waals surface area (Å²) in [5, 5.41) is 22.0. The Morgan fingerprint density at radius 3 is 2.52 bits per heavy atom. The molecule has 23 heavy (non-hydrogen) atoms. The Hall–Kier alpha value is -1.43. The molecule has 2 heterocycles. The fraction of sp³-hybridized carbons (Fsp3) is 0.611. The normalized spacial score (nSPS) is 24.7. The maximum absolute atomic E-state index is 10.9. The van der Waals surface area contributed by atoms with E-state index in [0.717, 1.165) is 51.1 Å². The monoisotopic (exact) mass is 318 g/mol. The van der Waals surface area contributed by atoms with Crippen molar-refractivity contribution in [1.29, 1.82) is 0 Å². The fourth-order valence-corrected chi connectivity index (χ4v) is 4.12. The minimum absolute atomic E-state index is 0.281. The van der Waals surface area contributed by atoms with Crippen LogP contribution in [-0.2, 0) is 6.54 Å². The van der Waals surface area contributed by atoms with Crippen molar-refractivity contribution < 1.29 is 15.0 Å². The van der Waals surface area contributed by atoms with E-state index in [1.54, 1.807) is 12.1 Å². The van der Waals surface area contributed by atoms with Crippen LogP contribution in [0.2, 0.25) is 0 Å². The van der Waals surface area contributed by atoms with Gasteiger partial charge in [0.15, 0.2) is 0 Å². The number of carbonyl (C=O) groups is 1. The van der Waals surface area contributed by atoms with Crippen LogP contribution >= 0.6 is 0 Å². The fourth-order valence-electron chi connectivity index (χ4n) is 4.12. The van der Waals surface area contributed by atoms with Crippen LogP contribution in [0.5, 0.6) is 0 Å². The van der Waals surface area contributed by atoms with Gasteiger partial charge in [-0.05, 0) is 62.0 Å². The van der Waals surface area contributed by atoms with Crippen molar-refractivity contribution in [1.82, 2.24) is 10.2 Å². The molecule has 0 saturated carbocycles. The standard InChI is InChI=1S/C18H26N2O3/c21-13-16-11-19-8-5-18(16)6-9-20(10-7-18)12-14-1-3-15(4-2-14)17(22)23/h1-4,16,19,21H,5-13H2,(H,22,23)/t16-/m0/s1. The molecule has 0 bridgehead atoms. The number of benzene rings is 1. The third-order valence-electron chi connectivity index (χ3n) is 5.74. The largest absolute Gasteiger partial charge is 0.478 e. The molecule has 0 radical (unpaired) electrons. The number of aliphatic hydroxyl groups excluding tert-OH is 1.